The standard InChI is InChI=1S/C14H17FN2O/c1-9-4-5-13(10(2)6-9)18-12(7-11(3)16)8-14(15)17/h4-8H,3,16-17H2,1-2H3/b12-7+,14-8-. The average Bonchev–Trinajstić information content (AvgIpc) is 2.20. The van der Waals surface area contributed by atoms with Crippen molar-refractivity contribution in [3.05, 3.63) is 65.5 Å². The highest BCUT2D eigenvalue weighted by atomic mass is 19.1. The van der Waals surface area contributed by atoms with Crippen LogP contribution in [0.2, 0.25) is 0 Å². The molecule has 0 saturated heterocycles. The molecule has 0 saturated carbocycles. The Morgan fingerprint density at radius 2 is 1.94 bits per heavy atom. The van der Waals surface area contributed by atoms with Crippen LogP contribution in [0, 0.1) is 13.8 Å². The van der Waals surface area contributed by atoms with E-state index in [2.05, 4.69) is 6.58 Å². The molecule has 4 heteroatoms. The van der Waals surface area contributed by atoms with Crippen LogP contribution in [-0.4, -0.2) is 0 Å². The van der Waals surface area contributed by atoms with E-state index in [1.165, 1.54) is 6.08 Å². The Bertz CT molecular complexity index is 515. The molecule has 0 amide bonds. The molecule has 0 bridgehead atoms. The second kappa shape index (κ2) is 5.91. The van der Waals surface area contributed by atoms with Crippen LogP contribution >= 0.6 is 0 Å². The fourth-order valence-corrected chi connectivity index (χ4v) is 1.46. The highest BCUT2D eigenvalue weighted by Gasteiger charge is 2.03. The molecule has 0 spiro atoms. The van der Waals surface area contributed by atoms with Gasteiger partial charge < -0.3 is 16.2 Å². The lowest BCUT2D eigenvalue weighted by molar-refractivity contribution is 0.436. The summed E-state index contributed by atoms with van der Waals surface area (Å²) < 4.78 is 18.3. The average molecular weight is 248 g/mol. The summed E-state index contributed by atoms with van der Waals surface area (Å²) in [7, 11) is 0. The third-order valence-corrected chi connectivity index (χ3v) is 2.17. The van der Waals surface area contributed by atoms with E-state index >= 15 is 0 Å². The zero-order valence-electron chi connectivity index (χ0n) is 10.5. The van der Waals surface area contributed by atoms with E-state index in [1.807, 2.05) is 26.0 Å². The van der Waals surface area contributed by atoms with Crippen molar-refractivity contribution >= 4 is 0 Å². The molecule has 4 N–H and O–H groups in total. The maximum absolute atomic E-state index is 12.7. The van der Waals surface area contributed by atoms with Gasteiger partial charge in [0, 0.05) is 17.8 Å². The molecule has 0 aliphatic heterocycles. The van der Waals surface area contributed by atoms with Crippen molar-refractivity contribution in [1.82, 2.24) is 0 Å². The van der Waals surface area contributed by atoms with E-state index < -0.39 is 5.95 Å². The zero-order valence-corrected chi connectivity index (χ0v) is 10.5. The Morgan fingerprint density at radius 1 is 1.28 bits per heavy atom. The third-order valence-electron chi connectivity index (χ3n) is 2.17. The van der Waals surface area contributed by atoms with Gasteiger partial charge in [-0.2, -0.15) is 4.39 Å². The van der Waals surface area contributed by atoms with Gasteiger partial charge in [-0.1, -0.05) is 24.3 Å². The van der Waals surface area contributed by atoms with Crippen molar-refractivity contribution in [2.45, 2.75) is 13.8 Å². The Kier molecular flexibility index (Phi) is 4.54. The van der Waals surface area contributed by atoms with Gasteiger partial charge >= 0.3 is 0 Å². The molecule has 1 aromatic carbocycles. The molecule has 0 unspecified atom stereocenters. The Labute approximate surface area is 106 Å². The molecule has 18 heavy (non-hydrogen) atoms. The first-order valence-corrected chi connectivity index (χ1v) is 5.42. The van der Waals surface area contributed by atoms with Crippen LogP contribution in [0.1, 0.15) is 11.1 Å². The summed E-state index contributed by atoms with van der Waals surface area (Å²) in [6.07, 6.45) is 2.46. The molecule has 0 aromatic heterocycles. The molecule has 0 aliphatic carbocycles. The van der Waals surface area contributed by atoms with Crippen LogP contribution in [0.15, 0.2) is 54.3 Å². The number of hydrogen-bond donors (Lipinski definition) is 2. The largest absolute Gasteiger partial charge is 0.457 e. The monoisotopic (exact) mass is 248 g/mol. The van der Waals surface area contributed by atoms with Crippen LogP contribution in [-0.2, 0) is 0 Å². The Morgan fingerprint density at radius 3 is 2.44 bits per heavy atom. The van der Waals surface area contributed by atoms with Crippen LogP contribution in [0.3, 0.4) is 0 Å². The van der Waals surface area contributed by atoms with Gasteiger partial charge in [0.05, 0.1) is 0 Å². The lowest BCUT2D eigenvalue weighted by Crippen LogP contribution is -2.01. The van der Waals surface area contributed by atoms with Gasteiger partial charge in [-0.05, 0) is 25.5 Å². The summed E-state index contributed by atoms with van der Waals surface area (Å²) in [5, 5.41) is 0. The van der Waals surface area contributed by atoms with E-state index in [-0.39, 0.29) is 11.5 Å². The highest BCUT2D eigenvalue weighted by Crippen LogP contribution is 2.22. The molecule has 0 aliphatic rings. The number of nitrogens with two attached hydrogens (primary N) is 2. The van der Waals surface area contributed by atoms with Gasteiger partial charge in [0.15, 0.2) is 5.95 Å². The van der Waals surface area contributed by atoms with E-state index in [9.17, 15) is 4.39 Å². The maximum atomic E-state index is 12.7. The molecule has 0 atom stereocenters. The highest BCUT2D eigenvalue weighted by molar-refractivity contribution is 5.38. The molecule has 1 rings (SSSR count). The van der Waals surface area contributed by atoms with Crippen molar-refractivity contribution in [3.63, 3.8) is 0 Å². The van der Waals surface area contributed by atoms with Gasteiger partial charge in [-0.25, -0.2) is 0 Å². The summed E-state index contributed by atoms with van der Waals surface area (Å²) in [6, 6.07) is 5.67. The minimum atomic E-state index is -0.854. The van der Waals surface area contributed by atoms with Crippen molar-refractivity contribution in [3.8, 4) is 5.75 Å². The van der Waals surface area contributed by atoms with Crippen molar-refractivity contribution < 1.29 is 9.13 Å². The molecular formula is C14H17FN2O. The Balaban J connectivity index is 3.04. The summed E-state index contributed by atoms with van der Waals surface area (Å²) in [5.41, 5.74) is 12.7. The van der Waals surface area contributed by atoms with Gasteiger partial charge in [-0.15, -0.1) is 0 Å². The van der Waals surface area contributed by atoms with E-state index in [4.69, 9.17) is 16.2 Å². The minimum absolute atomic E-state index is 0.203. The smallest absolute Gasteiger partial charge is 0.188 e. The minimum Gasteiger partial charge on any atom is -0.457 e. The molecule has 3 nitrogen and oxygen atoms in total. The SMILES string of the molecule is C=C(N)/C=C(\C=C(/N)F)Oc1ccc(C)cc1C. The van der Waals surface area contributed by atoms with E-state index in [0.717, 1.165) is 17.2 Å². The van der Waals surface area contributed by atoms with E-state index in [1.54, 1.807) is 6.07 Å². The van der Waals surface area contributed by atoms with Crippen LogP contribution in [0.5, 0.6) is 5.75 Å². The topological polar surface area (TPSA) is 61.3 Å². The van der Waals surface area contributed by atoms with Gasteiger partial charge in [0.1, 0.15) is 11.5 Å². The Hall–Kier alpha value is -2.23. The van der Waals surface area contributed by atoms with Gasteiger partial charge in [0.25, 0.3) is 0 Å². The van der Waals surface area contributed by atoms with E-state index in [0.29, 0.717) is 5.75 Å². The molecular weight excluding hydrogens is 231 g/mol. The third kappa shape index (κ3) is 4.33. The van der Waals surface area contributed by atoms with Crippen LogP contribution < -0.4 is 16.2 Å². The fourth-order valence-electron chi connectivity index (χ4n) is 1.46. The number of aryl methyl sites for hydroxylation is 2. The first kappa shape index (κ1) is 13.8. The number of ether oxygens (including phenoxy) is 1. The number of benzene rings is 1. The lowest BCUT2D eigenvalue weighted by Gasteiger charge is -2.10. The lowest BCUT2D eigenvalue weighted by atomic mass is 10.1. The first-order valence-electron chi connectivity index (χ1n) is 5.42. The van der Waals surface area contributed by atoms with Crippen molar-refractivity contribution in [2.24, 2.45) is 11.5 Å². The first-order chi connectivity index (χ1) is 8.38. The second-order valence-electron chi connectivity index (χ2n) is 4.02. The van der Waals surface area contributed by atoms with Crippen LogP contribution in [0.25, 0.3) is 0 Å². The summed E-state index contributed by atoms with van der Waals surface area (Å²) in [5.74, 6) is -0.0349. The zero-order chi connectivity index (χ0) is 13.7. The predicted molar refractivity (Wildman–Crippen MR) is 71.3 cm³/mol. The molecule has 1 aromatic rings. The fraction of sp³-hybridized carbons (Fsp3) is 0.143. The van der Waals surface area contributed by atoms with Crippen molar-refractivity contribution in [2.75, 3.05) is 0 Å². The van der Waals surface area contributed by atoms with Crippen molar-refractivity contribution in [1.29, 1.82) is 0 Å². The van der Waals surface area contributed by atoms with Gasteiger partial charge in [-0.3, -0.25) is 0 Å². The summed E-state index contributed by atoms with van der Waals surface area (Å²) in [6.45, 7) is 7.39. The molecule has 0 heterocycles. The number of hydrogen-bond acceptors (Lipinski definition) is 3. The summed E-state index contributed by atoms with van der Waals surface area (Å²) >= 11 is 0. The normalized spacial score (nSPS) is 12.4. The number of halogens is 1. The predicted octanol–water partition coefficient (Wildman–Crippen LogP) is 2.81. The molecule has 96 valence electrons. The van der Waals surface area contributed by atoms with Gasteiger partial charge in [0.2, 0.25) is 0 Å². The number of rotatable bonds is 4. The maximum Gasteiger partial charge on any atom is 0.188 e. The van der Waals surface area contributed by atoms with Crippen LogP contribution in [0.4, 0.5) is 4.39 Å². The summed E-state index contributed by atoms with van der Waals surface area (Å²) in [4.78, 5) is 0. The molecule has 0 fully saturated rings. The quantitative estimate of drug-likeness (QED) is 0.489. The number of allylic oxidation sites excluding steroid dienone is 2. The second-order valence-corrected chi connectivity index (χ2v) is 4.02. The molecule has 0 radical (unpaired) electrons.